The number of nitrogens with zero attached hydrogens (tertiary/aromatic N) is 1. The van der Waals surface area contributed by atoms with E-state index in [1.807, 2.05) is 0 Å². The molecule has 1 rings (SSSR count). The fraction of sp³-hybridized carbons (Fsp3) is 0.500. The van der Waals surface area contributed by atoms with Crippen molar-refractivity contribution in [3.8, 4) is 0 Å². The Bertz CT molecular complexity index is 499. The van der Waals surface area contributed by atoms with Crippen molar-refractivity contribution < 1.29 is 14.3 Å². The normalized spacial score (nSPS) is 10.2. The molecule has 0 aliphatic heterocycles. The van der Waals surface area contributed by atoms with Gasteiger partial charge in [0.15, 0.2) is 0 Å². The van der Waals surface area contributed by atoms with E-state index >= 15 is 0 Å². The van der Waals surface area contributed by atoms with Crippen molar-refractivity contribution in [1.29, 1.82) is 0 Å². The lowest BCUT2D eigenvalue weighted by Crippen LogP contribution is -2.23. The van der Waals surface area contributed by atoms with Crippen LogP contribution in [0.1, 0.15) is 20.0 Å². The van der Waals surface area contributed by atoms with Crippen molar-refractivity contribution in [1.82, 2.24) is 10.2 Å². The number of nitrogens with one attached hydrogen (secondary N) is 2. The minimum atomic E-state index is -0.323. The first-order valence-corrected chi connectivity index (χ1v) is 6.84. The third-order valence-corrected chi connectivity index (χ3v) is 3.74. The molecule has 0 bridgehead atoms. The Morgan fingerprint density at radius 2 is 2.05 bits per heavy atom. The SMILES string of the molecule is CNC(=O)c1c(NCCOC)sc(C(=O)N(C)C)c1N. The highest BCUT2D eigenvalue weighted by Crippen LogP contribution is 2.36. The van der Waals surface area contributed by atoms with Gasteiger partial charge in [0, 0.05) is 34.8 Å². The van der Waals surface area contributed by atoms with E-state index in [9.17, 15) is 9.59 Å². The van der Waals surface area contributed by atoms with Crippen LogP contribution < -0.4 is 16.4 Å². The van der Waals surface area contributed by atoms with Crippen LogP contribution in [0.2, 0.25) is 0 Å². The molecule has 0 aliphatic rings. The molecule has 0 saturated carbocycles. The summed E-state index contributed by atoms with van der Waals surface area (Å²) in [6.45, 7) is 1.01. The molecule has 0 spiro atoms. The van der Waals surface area contributed by atoms with Gasteiger partial charge >= 0.3 is 0 Å². The van der Waals surface area contributed by atoms with Crippen LogP contribution in [0.5, 0.6) is 0 Å². The number of amides is 2. The molecule has 1 heterocycles. The predicted octanol–water partition coefficient (Wildman–Crippen LogP) is 0.450. The number of ether oxygens (including phenoxy) is 1. The molecular formula is C12H20N4O3S. The van der Waals surface area contributed by atoms with Gasteiger partial charge in [-0.1, -0.05) is 0 Å². The first-order valence-electron chi connectivity index (χ1n) is 6.02. The molecule has 2 amide bonds. The van der Waals surface area contributed by atoms with E-state index in [2.05, 4.69) is 10.6 Å². The zero-order valence-corrected chi connectivity index (χ0v) is 12.9. The van der Waals surface area contributed by atoms with Gasteiger partial charge in [-0.3, -0.25) is 9.59 Å². The maximum absolute atomic E-state index is 12.0. The number of nitrogens with two attached hydrogens (primary N) is 1. The van der Waals surface area contributed by atoms with Gasteiger partial charge in [-0.25, -0.2) is 0 Å². The van der Waals surface area contributed by atoms with E-state index in [-0.39, 0.29) is 17.5 Å². The van der Waals surface area contributed by atoms with Crippen LogP contribution in [0.15, 0.2) is 0 Å². The molecule has 1 aromatic rings. The lowest BCUT2D eigenvalue weighted by atomic mass is 10.2. The van der Waals surface area contributed by atoms with Crippen molar-refractivity contribution >= 4 is 33.8 Å². The van der Waals surface area contributed by atoms with E-state index in [4.69, 9.17) is 10.5 Å². The second-order valence-corrected chi connectivity index (χ2v) is 5.27. The highest BCUT2D eigenvalue weighted by atomic mass is 32.1. The van der Waals surface area contributed by atoms with E-state index in [0.717, 1.165) is 0 Å². The molecule has 0 atom stereocenters. The number of methoxy groups -OCH3 is 1. The lowest BCUT2D eigenvalue weighted by Gasteiger charge is -2.08. The molecule has 0 aromatic carbocycles. The Morgan fingerprint density at radius 3 is 2.55 bits per heavy atom. The summed E-state index contributed by atoms with van der Waals surface area (Å²) in [5, 5.41) is 6.17. The molecule has 112 valence electrons. The summed E-state index contributed by atoms with van der Waals surface area (Å²) in [5.74, 6) is -0.547. The quantitative estimate of drug-likeness (QED) is 0.663. The maximum atomic E-state index is 12.0. The Labute approximate surface area is 122 Å². The number of carbonyl (C=O) groups excluding carboxylic acids is 2. The second-order valence-electron chi connectivity index (χ2n) is 4.25. The van der Waals surface area contributed by atoms with E-state index in [1.54, 1.807) is 21.2 Å². The summed E-state index contributed by atoms with van der Waals surface area (Å²) in [6.07, 6.45) is 0. The highest BCUT2D eigenvalue weighted by molar-refractivity contribution is 7.19. The Kier molecular flexibility index (Phi) is 5.78. The summed E-state index contributed by atoms with van der Waals surface area (Å²) in [5.41, 5.74) is 6.46. The fourth-order valence-electron chi connectivity index (χ4n) is 1.55. The number of carbonyl (C=O) groups is 2. The molecule has 0 radical (unpaired) electrons. The summed E-state index contributed by atoms with van der Waals surface area (Å²) in [4.78, 5) is 25.7. The van der Waals surface area contributed by atoms with Gasteiger partial charge in [-0.2, -0.15) is 0 Å². The smallest absolute Gasteiger partial charge is 0.265 e. The topological polar surface area (TPSA) is 96.7 Å². The summed E-state index contributed by atoms with van der Waals surface area (Å²) in [7, 11) is 6.38. The molecule has 0 aliphatic carbocycles. The minimum absolute atomic E-state index is 0.202. The van der Waals surface area contributed by atoms with Crippen molar-refractivity contribution in [2.45, 2.75) is 0 Å². The average Bonchev–Trinajstić information content (AvgIpc) is 2.74. The van der Waals surface area contributed by atoms with Crippen molar-refractivity contribution in [2.24, 2.45) is 0 Å². The van der Waals surface area contributed by atoms with Gasteiger partial charge in [-0.15, -0.1) is 11.3 Å². The van der Waals surface area contributed by atoms with E-state index < -0.39 is 0 Å². The van der Waals surface area contributed by atoms with Crippen LogP contribution in [0.4, 0.5) is 10.7 Å². The molecular weight excluding hydrogens is 280 g/mol. The van der Waals surface area contributed by atoms with Crippen LogP contribution in [0, 0.1) is 0 Å². The number of rotatable bonds is 6. The molecule has 0 unspecified atom stereocenters. The largest absolute Gasteiger partial charge is 0.397 e. The summed E-state index contributed by atoms with van der Waals surface area (Å²) >= 11 is 1.17. The van der Waals surface area contributed by atoms with Gasteiger partial charge in [0.1, 0.15) is 9.88 Å². The van der Waals surface area contributed by atoms with Crippen molar-refractivity contribution in [3.63, 3.8) is 0 Å². The third-order valence-electron chi connectivity index (χ3n) is 2.59. The Morgan fingerprint density at radius 1 is 1.40 bits per heavy atom. The van der Waals surface area contributed by atoms with E-state index in [0.29, 0.717) is 28.6 Å². The summed E-state index contributed by atoms with van der Waals surface area (Å²) < 4.78 is 4.95. The number of thiophene rings is 1. The zero-order chi connectivity index (χ0) is 15.3. The van der Waals surface area contributed by atoms with Gasteiger partial charge in [0.2, 0.25) is 0 Å². The molecule has 4 N–H and O–H groups in total. The standard InChI is InChI=1S/C12H20N4O3S/c1-14-10(17)7-8(13)9(12(18)16(2)3)20-11(7)15-5-6-19-4/h15H,5-6,13H2,1-4H3,(H,14,17). The maximum Gasteiger partial charge on any atom is 0.265 e. The van der Waals surface area contributed by atoms with Crippen LogP contribution >= 0.6 is 11.3 Å². The van der Waals surface area contributed by atoms with Gasteiger partial charge in [-0.05, 0) is 0 Å². The monoisotopic (exact) mass is 300 g/mol. The first-order chi connectivity index (χ1) is 9.43. The molecule has 0 saturated heterocycles. The molecule has 8 heteroatoms. The fourth-order valence-corrected chi connectivity index (χ4v) is 2.71. The zero-order valence-electron chi connectivity index (χ0n) is 12.1. The minimum Gasteiger partial charge on any atom is -0.397 e. The Balaban J connectivity index is 3.17. The second kappa shape index (κ2) is 7.11. The first kappa shape index (κ1) is 16.3. The predicted molar refractivity (Wildman–Crippen MR) is 80.5 cm³/mol. The van der Waals surface area contributed by atoms with Gasteiger partial charge in [0.05, 0.1) is 17.9 Å². The van der Waals surface area contributed by atoms with Crippen molar-refractivity contribution in [2.75, 3.05) is 52.5 Å². The molecule has 0 fully saturated rings. The summed E-state index contributed by atoms with van der Waals surface area (Å²) in [6, 6.07) is 0. The van der Waals surface area contributed by atoms with Crippen LogP contribution in [-0.2, 0) is 4.74 Å². The molecule has 20 heavy (non-hydrogen) atoms. The Hall–Kier alpha value is -1.80. The number of nitrogen functional groups attached to an aromatic ring is 1. The number of anilines is 2. The van der Waals surface area contributed by atoms with Gasteiger partial charge < -0.3 is 26.0 Å². The number of hydrogen-bond acceptors (Lipinski definition) is 6. The lowest BCUT2D eigenvalue weighted by molar-refractivity contribution is 0.0833. The third kappa shape index (κ3) is 3.40. The van der Waals surface area contributed by atoms with Crippen LogP contribution in [0.3, 0.4) is 0 Å². The number of hydrogen-bond donors (Lipinski definition) is 3. The molecule has 7 nitrogen and oxygen atoms in total. The molecule has 1 aromatic heterocycles. The highest BCUT2D eigenvalue weighted by Gasteiger charge is 2.25. The average molecular weight is 300 g/mol. The van der Waals surface area contributed by atoms with Gasteiger partial charge in [0.25, 0.3) is 11.8 Å². The van der Waals surface area contributed by atoms with Crippen LogP contribution in [-0.4, -0.2) is 58.1 Å². The van der Waals surface area contributed by atoms with Crippen LogP contribution in [0.25, 0.3) is 0 Å². The van der Waals surface area contributed by atoms with E-state index in [1.165, 1.54) is 23.3 Å². The van der Waals surface area contributed by atoms with Crippen molar-refractivity contribution in [3.05, 3.63) is 10.4 Å².